The average molecular weight is 378 g/mol. The van der Waals surface area contributed by atoms with Crippen LogP contribution in [0.2, 0.25) is 10.0 Å². The number of halogens is 2. The zero-order valence-corrected chi connectivity index (χ0v) is 15.1. The summed E-state index contributed by atoms with van der Waals surface area (Å²) in [6, 6.07) is 3.61. The predicted molar refractivity (Wildman–Crippen MR) is 99.2 cm³/mol. The second kappa shape index (κ2) is 5.75. The summed E-state index contributed by atoms with van der Waals surface area (Å²) < 4.78 is 0. The quantitative estimate of drug-likeness (QED) is 0.797. The van der Waals surface area contributed by atoms with Crippen LogP contribution in [0.5, 0.6) is 0 Å². The Labute approximate surface area is 155 Å². The molecule has 2 aliphatic heterocycles. The van der Waals surface area contributed by atoms with Crippen LogP contribution >= 0.6 is 23.2 Å². The SMILES string of the molecule is CC1C(=O)Nc2cc(Cl)c(Cl)cc2[C@]12CCN(c1cnc(N)cn1)C2. The Hall–Kier alpha value is -2.05. The third-order valence-electron chi connectivity index (χ3n) is 5.36. The standard InChI is InChI=1S/C17H17Cl2N5O/c1-9-16(25)23-13-5-12(19)11(18)4-10(13)17(9)2-3-24(8-17)15-7-21-14(20)6-22-15/h4-7,9H,2-3,8H2,1H3,(H2,20,21)(H,23,25)/t9?,17-/m0/s1. The molecule has 0 aliphatic carbocycles. The maximum absolute atomic E-state index is 12.6. The number of anilines is 3. The molecule has 3 N–H and O–H groups in total. The molecule has 0 radical (unpaired) electrons. The van der Waals surface area contributed by atoms with Gasteiger partial charge in [0.1, 0.15) is 11.6 Å². The number of carbonyl (C=O) groups excluding carboxylic acids is 1. The van der Waals surface area contributed by atoms with E-state index in [1.807, 2.05) is 13.0 Å². The number of hydrogen-bond donors (Lipinski definition) is 2. The monoisotopic (exact) mass is 377 g/mol. The van der Waals surface area contributed by atoms with Gasteiger partial charge < -0.3 is 16.0 Å². The number of nitrogens with zero attached hydrogens (tertiary/aromatic N) is 3. The van der Waals surface area contributed by atoms with Crippen LogP contribution in [-0.2, 0) is 10.2 Å². The molecule has 2 aromatic rings. The minimum atomic E-state index is -0.338. The molecule has 0 bridgehead atoms. The molecule has 2 aliphatic rings. The Kier molecular flexibility index (Phi) is 3.77. The molecule has 3 heterocycles. The summed E-state index contributed by atoms with van der Waals surface area (Å²) in [6.45, 7) is 3.39. The highest BCUT2D eigenvalue weighted by molar-refractivity contribution is 6.42. The third kappa shape index (κ3) is 2.51. The topological polar surface area (TPSA) is 84.1 Å². The van der Waals surface area contributed by atoms with E-state index in [0.29, 0.717) is 22.4 Å². The summed E-state index contributed by atoms with van der Waals surface area (Å²) in [7, 11) is 0. The molecule has 2 atom stereocenters. The summed E-state index contributed by atoms with van der Waals surface area (Å²) in [5.41, 5.74) is 7.05. The van der Waals surface area contributed by atoms with Crippen molar-refractivity contribution < 1.29 is 4.79 Å². The summed E-state index contributed by atoms with van der Waals surface area (Å²) in [5, 5.41) is 3.88. The fourth-order valence-electron chi connectivity index (χ4n) is 3.88. The molecule has 1 aromatic heterocycles. The Balaban J connectivity index is 1.77. The summed E-state index contributed by atoms with van der Waals surface area (Å²) >= 11 is 12.4. The third-order valence-corrected chi connectivity index (χ3v) is 6.08. The van der Waals surface area contributed by atoms with Crippen molar-refractivity contribution in [2.45, 2.75) is 18.8 Å². The number of carbonyl (C=O) groups is 1. The van der Waals surface area contributed by atoms with Crippen molar-refractivity contribution in [1.82, 2.24) is 9.97 Å². The molecule has 25 heavy (non-hydrogen) atoms. The van der Waals surface area contributed by atoms with E-state index in [1.54, 1.807) is 18.5 Å². The van der Waals surface area contributed by atoms with Crippen LogP contribution in [0.3, 0.4) is 0 Å². The highest BCUT2D eigenvalue weighted by Gasteiger charge is 2.51. The molecule has 1 unspecified atom stereocenters. The van der Waals surface area contributed by atoms with E-state index in [4.69, 9.17) is 28.9 Å². The molecule has 1 aromatic carbocycles. The van der Waals surface area contributed by atoms with Crippen molar-refractivity contribution in [3.05, 3.63) is 40.1 Å². The Morgan fingerprint density at radius 3 is 2.76 bits per heavy atom. The van der Waals surface area contributed by atoms with Crippen molar-refractivity contribution in [3.63, 3.8) is 0 Å². The normalized spacial score (nSPS) is 25.2. The van der Waals surface area contributed by atoms with Gasteiger partial charge in [-0.2, -0.15) is 0 Å². The fraction of sp³-hybridized carbons (Fsp3) is 0.353. The van der Waals surface area contributed by atoms with Crippen LogP contribution in [-0.4, -0.2) is 29.0 Å². The lowest BCUT2D eigenvalue weighted by Crippen LogP contribution is -2.47. The molecular formula is C17H17Cl2N5O. The second-order valence-electron chi connectivity index (χ2n) is 6.65. The number of nitrogens with one attached hydrogen (secondary N) is 1. The molecule has 130 valence electrons. The molecule has 1 saturated heterocycles. The van der Waals surface area contributed by atoms with Crippen LogP contribution in [0.1, 0.15) is 18.9 Å². The van der Waals surface area contributed by atoms with Crippen LogP contribution in [0.4, 0.5) is 17.3 Å². The van der Waals surface area contributed by atoms with Gasteiger partial charge >= 0.3 is 0 Å². The largest absolute Gasteiger partial charge is 0.382 e. The number of fused-ring (bicyclic) bond motifs is 2. The second-order valence-corrected chi connectivity index (χ2v) is 7.46. The van der Waals surface area contributed by atoms with Crippen LogP contribution in [0.15, 0.2) is 24.5 Å². The first-order chi connectivity index (χ1) is 11.9. The van der Waals surface area contributed by atoms with Crippen molar-refractivity contribution in [3.8, 4) is 0 Å². The van der Waals surface area contributed by atoms with Crippen molar-refractivity contribution in [1.29, 1.82) is 0 Å². The Morgan fingerprint density at radius 1 is 1.28 bits per heavy atom. The van der Waals surface area contributed by atoms with Crippen molar-refractivity contribution in [2.75, 3.05) is 29.0 Å². The molecular weight excluding hydrogens is 361 g/mol. The van der Waals surface area contributed by atoms with Gasteiger partial charge in [-0.05, 0) is 24.1 Å². The maximum Gasteiger partial charge on any atom is 0.228 e. The highest BCUT2D eigenvalue weighted by Crippen LogP contribution is 2.49. The van der Waals surface area contributed by atoms with E-state index < -0.39 is 0 Å². The first-order valence-corrected chi connectivity index (χ1v) is 8.79. The van der Waals surface area contributed by atoms with E-state index in [-0.39, 0.29) is 17.2 Å². The van der Waals surface area contributed by atoms with E-state index in [2.05, 4.69) is 20.2 Å². The van der Waals surface area contributed by atoms with Gasteiger partial charge in [0.15, 0.2) is 0 Å². The smallest absolute Gasteiger partial charge is 0.228 e. The summed E-state index contributed by atoms with van der Waals surface area (Å²) in [5.74, 6) is 0.945. The lowest BCUT2D eigenvalue weighted by atomic mass is 9.67. The van der Waals surface area contributed by atoms with Crippen LogP contribution < -0.4 is 16.0 Å². The molecule has 1 spiro atoms. The average Bonchev–Trinajstić information content (AvgIpc) is 3.02. The van der Waals surface area contributed by atoms with Gasteiger partial charge in [-0.3, -0.25) is 4.79 Å². The van der Waals surface area contributed by atoms with Gasteiger partial charge in [0.2, 0.25) is 5.91 Å². The first-order valence-electron chi connectivity index (χ1n) is 8.03. The maximum atomic E-state index is 12.6. The van der Waals surface area contributed by atoms with Crippen LogP contribution in [0, 0.1) is 5.92 Å². The van der Waals surface area contributed by atoms with E-state index in [9.17, 15) is 4.79 Å². The van der Waals surface area contributed by atoms with Gasteiger partial charge in [0.25, 0.3) is 0 Å². The number of benzene rings is 1. The van der Waals surface area contributed by atoms with Gasteiger partial charge in [-0.15, -0.1) is 0 Å². The van der Waals surface area contributed by atoms with Crippen molar-refractivity contribution >= 4 is 46.4 Å². The van der Waals surface area contributed by atoms with Crippen molar-refractivity contribution in [2.24, 2.45) is 5.92 Å². The first kappa shape index (κ1) is 16.4. The molecule has 0 saturated carbocycles. The molecule has 6 nitrogen and oxygen atoms in total. The lowest BCUT2D eigenvalue weighted by molar-refractivity contribution is -0.121. The van der Waals surface area contributed by atoms with E-state index in [1.165, 1.54) is 0 Å². The molecule has 8 heteroatoms. The molecule has 4 rings (SSSR count). The van der Waals surface area contributed by atoms with Gasteiger partial charge in [-0.25, -0.2) is 9.97 Å². The zero-order valence-electron chi connectivity index (χ0n) is 13.6. The number of hydrogen-bond acceptors (Lipinski definition) is 5. The molecule has 1 fully saturated rings. The van der Waals surface area contributed by atoms with Gasteiger partial charge in [-0.1, -0.05) is 30.1 Å². The lowest BCUT2D eigenvalue weighted by Gasteiger charge is -2.40. The van der Waals surface area contributed by atoms with E-state index in [0.717, 1.165) is 30.0 Å². The minimum Gasteiger partial charge on any atom is -0.382 e. The number of aromatic nitrogens is 2. The Morgan fingerprint density at radius 2 is 2.04 bits per heavy atom. The minimum absolute atomic E-state index is 0.00358. The number of nitrogens with two attached hydrogens (primary N) is 1. The zero-order chi connectivity index (χ0) is 17.8. The predicted octanol–water partition coefficient (Wildman–Crippen LogP) is 3.10. The van der Waals surface area contributed by atoms with Gasteiger partial charge in [0, 0.05) is 30.1 Å². The summed E-state index contributed by atoms with van der Waals surface area (Å²) in [6.07, 6.45) is 4.03. The van der Waals surface area contributed by atoms with Gasteiger partial charge in [0.05, 0.1) is 22.4 Å². The summed E-state index contributed by atoms with van der Waals surface area (Å²) in [4.78, 5) is 23.2. The van der Waals surface area contributed by atoms with E-state index >= 15 is 0 Å². The highest BCUT2D eigenvalue weighted by atomic mass is 35.5. The molecule has 1 amide bonds. The number of amides is 1. The van der Waals surface area contributed by atoms with Crippen LogP contribution in [0.25, 0.3) is 0 Å². The fourth-order valence-corrected chi connectivity index (χ4v) is 4.21. The Bertz CT molecular complexity index is 857. The number of nitrogen functional groups attached to an aromatic ring is 1. The number of rotatable bonds is 1.